The van der Waals surface area contributed by atoms with Crippen molar-refractivity contribution in [3.05, 3.63) is 39.9 Å². The maximum Gasteiger partial charge on any atom is 0.378 e. The Balaban J connectivity index is 1.73. The number of nitrogens with zero attached hydrogens (tertiary/aromatic N) is 3. The molecule has 2 aromatic rings. The van der Waals surface area contributed by atoms with Crippen LogP contribution >= 0.6 is 23.2 Å². The summed E-state index contributed by atoms with van der Waals surface area (Å²) in [6.07, 6.45) is 2.00. The van der Waals surface area contributed by atoms with E-state index in [4.69, 9.17) is 32.7 Å². The number of carbonyl (C=O) groups is 1. The molecule has 1 aromatic heterocycles. The summed E-state index contributed by atoms with van der Waals surface area (Å²) in [4.78, 5) is 16.3. The zero-order chi connectivity index (χ0) is 17.3. The third kappa shape index (κ3) is 3.71. The van der Waals surface area contributed by atoms with Crippen molar-refractivity contribution in [3.63, 3.8) is 0 Å². The molecular weight excluding hydrogens is 353 g/mol. The smallest absolute Gasteiger partial charge is 0.378 e. The molecule has 1 saturated heterocycles. The van der Waals surface area contributed by atoms with Gasteiger partial charge in [-0.05, 0) is 44.9 Å². The molecule has 24 heavy (non-hydrogen) atoms. The molecule has 8 heteroatoms. The molecule has 0 spiro atoms. The fraction of sp³-hybridized carbons (Fsp3) is 0.438. The Kier molecular flexibility index (Phi) is 5.08. The molecule has 1 aromatic carbocycles. The van der Waals surface area contributed by atoms with Crippen LogP contribution in [0, 0.1) is 6.92 Å². The molecule has 0 bridgehead atoms. The Labute approximate surface area is 149 Å². The van der Waals surface area contributed by atoms with Crippen molar-refractivity contribution in [2.75, 3.05) is 6.61 Å². The van der Waals surface area contributed by atoms with E-state index < -0.39 is 5.97 Å². The van der Waals surface area contributed by atoms with Gasteiger partial charge in [-0.15, -0.1) is 5.10 Å². The van der Waals surface area contributed by atoms with Crippen LogP contribution in [0.5, 0.6) is 0 Å². The summed E-state index contributed by atoms with van der Waals surface area (Å²) in [5.74, 6) is -0.0930. The number of carbonyl (C=O) groups excluding carboxylic acids is 1. The molecule has 0 saturated carbocycles. The van der Waals surface area contributed by atoms with Crippen LogP contribution in [0.2, 0.25) is 10.0 Å². The Hall–Kier alpha value is -1.63. The van der Waals surface area contributed by atoms with Crippen LogP contribution in [0.25, 0.3) is 5.69 Å². The summed E-state index contributed by atoms with van der Waals surface area (Å²) in [6.45, 7) is 3.93. The second-order valence-electron chi connectivity index (χ2n) is 5.73. The molecule has 1 fully saturated rings. The molecule has 1 aliphatic heterocycles. The fourth-order valence-corrected chi connectivity index (χ4v) is 2.96. The molecule has 6 nitrogen and oxygen atoms in total. The van der Waals surface area contributed by atoms with Gasteiger partial charge in [0.2, 0.25) is 0 Å². The SMILES string of the molecule is Cc1nc(C(=O)OC[C@H]2CC[C@@H](C)O2)nn1-c1cc(Cl)ccc1Cl. The Bertz CT molecular complexity index is 763. The molecule has 0 radical (unpaired) electrons. The Morgan fingerprint density at radius 1 is 1.42 bits per heavy atom. The van der Waals surface area contributed by atoms with Crippen molar-refractivity contribution in [2.45, 2.75) is 38.9 Å². The van der Waals surface area contributed by atoms with Crippen molar-refractivity contribution in [1.29, 1.82) is 0 Å². The highest BCUT2D eigenvalue weighted by Gasteiger charge is 2.25. The van der Waals surface area contributed by atoms with Crippen molar-refractivity contribution >= 4 is 29.2 Å². The third-order valence-corrected chi connectivity index (χ3v) is 4.36. The van der Waals surface area contributed by atoms with Crippen LogP contribution in [0.3, 0.4) is 0 Å². The van der Waals surface area contributed by atoms with Crippen LogP contribution in [0.1, 0.15) is 36.2 Å². The highest BCUT2D eigenvalue weighted by Crippen LogP contribution is 2.25. The monoisotopic (exact) mass is 369 g/mol. The van der Waals surface area contributed by atoms with Gasteiger partial charge in [0, 0.05) is 5.02 Å². The number of hydrogen-bond donors (Lipinski definition) is 0. The van der Waals surface area contributed by atoms with Gasteiger partial charge in [-0.25, -0.2) is 14.5 Å². The summed E-state index contributed by atoms with van der Waals surface area (Å²) in [5.41, 5.74) is 0.557. The van der Waals surface area contributed by atoms with Gasteiger partial charge in [-0.3, -0.25) is 0 Å². The van der Waals surface area contributed by atoms with Crippen LogP contribution in [-0.4, -0.2) is 39.5 Å². The first-order chi connectivity index (χ1) is 11.4. The molecule has 0 aliphatic carbocycles. The summed E-state index contributed by atoms with van der Waals surface area (Å²) >= 11 is 12.2. The topological polar surface area (TPSA) is 66.2 Å². The van der Waals surface area contributed by atoms with Gasteiger partial charge in [0.15, 0.2) is 0 Å². The van der Waals surface area contributed by atoms with Gasteiger partial charge in [0.05, 0.1) is 22.9 Å². The second-order valence-corrected chi connectivity index (χ2v) is 6.58. The summed E-state index contributed by atoms with van der Waals surface area (Å²) in [5, 5.41) is 5.16. The Morgan fingerprint density at radius 3 is 2.92 bits per heavy atom. The molecule has 1 aliphatic rings. The van der Waals surface area contributed by atoms with E-state index in [2.05, 4.69) is 10.1 Å². The highest BCUT2D eigenvalue weighted by atomic mass is 35.5. The molecule has 0 amide bonds. The number of rotatable bonds is 4. The van der Waals surface area contributed by atoms with Crippen molar-refractivity contribution < 1.29 is 14.3 Å². The van der Waals surface area contributed by atoms with Crippen LogP contribution < -0.4 is 0 Å². The molecule has 2 heterocycles. The van der Waals surface area contributed by atoms with Crippen molar-refractivity contribution in [3.8, 4) is 5.69 Å². The van der Waals surface area contributed by atoms with Gasteiger partial charge >= 0.3 is 5.97 Å². The quantitative estimate of drug-likeness (QED) is 0.770. The first-order valence-corrected chi connectivity index (χ1v) is 8.41. The lowest BCUT2D eigenvalue weighted by Gasteiger charge is -2.10. The maximum atomic E-state index is 12.2. The van der Waals surface area contributed by atoms with Crippen LogP contribution in [0.4, 0.5) is 0 Å². The van der Waals surface area contributed by atoms with Gasteiger partial charge in [0.25, 0.3) is 5.82 Å². The van der Waals surface area contributed by atoms with Gasteiger partial charge in [-0.1, -0.05) is 23.2 Å². The van der Waals surface area contributed by atoms with E-state index in [0.29, 0.717) is 21.6 Å². The van der Waals surface area contributed by atoms with E-state index >= 15 is 0 Å². The molecule has 128 valence electrons. The van der Waals surface area contributed by atoms with E-state index in [1.54, 1.807) is 25.1 Å². The van der Waals surface area contributed by atoms with Crippen LogP contribution in [-0.2, 0) is 9.47 Å². The number of aromatic nitrogens is 3. The average Bonchev–Trinajstić information content (AvgIpc) is 3.13. The minimum Gasteiger partial charge on any atom is -0.457 e. The minimum absolute atomic E-state index is 0.0189. The van der Waals surface area contributed by atoms with E-state index in [-0.39, 0.29) is 24.6 Å². The summed E-state index contributed by atoms with van der Waals surface area (Å²) < 4.78 is 12.3. The number of aryl methyl sites for hydroxylation is 1. The van der Waals surface area contributed by atoms with Crippen LogP contribution in [0.15, 0.2) is 18.2 Å². The van der Waals surface area contributed by atoms with E-state index in [0.717, 1.165) is 12.8 Å². The maximum absolute atomic E-state index is 12.2. The fourth-order valence-electron chi connectivity index (χ4n) is 2.59. The summed E-state index contributed by atoms with van der Waals surface area (Å²) in [7, 11) is 0. The lowest BCUT2D eigenvalue weighted by Crippen LogP contribution is -2.19. The minimum atomic E-state index is -0.585. The number of benzene rings is 1. The highest BCUT2D eigenvalue weighted by molar-refractivity contribution is 6.34. The second kappa shape index (κ2) is 7.09. The molecule has 2 atom stereocenters. The zero-order valence-electron chi connectivity index (χ0n) is 13.3. The Morgan fingerprint density at radius 2 is 2.21 bits per heavy atom. The van der Waals surface area contributed by atoms with Gasteiger partial charge in [0.1, 0.15) is 12.4 Å². The average molecular weight is 370 g/mol. The summed E-state index contributed by atoms with van der Waals surface area (Å²) in [6, 6.07) is 5.00. The number of halogens is 2. The van der Waals surface area contributed by atoms with Crippen molar-refractivity contribution in [2.24, 2.45) is 0 Å². The molecule has 0 unspecified atom stereocenters. The molecular formula is C16H17Cl2N3O3. The largest absolute Gasteiger partial charge is 0.457 e. The normalized spacial score (nSPS) is 20.3. The molecule has 3 rings (SSSR count). The number of hydrogen-bond acceptors (Lipinski definition) is 5. The molecule has 0 N–H and O–H groups in total. The lowest BCUT2D eigenvalue weighted by molar-refractivity contribution is -0.00335. The van der Waals surface area contributed by atoms with Gasteiger partial charge in [-0.2, -0.15) is 0 Å². The zero-order valence-corrected chi connectivity index (χ0v) is 14.8. The van der Waals surface area contributed by atoms with E-state index in [9.17, 15) is 4.79 Å². The van der Waals surface area contributed by atoms with E-state index in [1.807, 2.05) is 6.92 Å². The number of ether oxygens (including phenoxy) is 2. The first kappa shape index (κ1) is 17.2. The third-order valence-electron chi connectivity index (χ3n) is 3.81. The number of esters is 1. The van der Waals surface area contributed by atoms with E-state index in [1.165, 1.54) is 4.68 Å². The predicted molar refractivity (Wildman–Crippen MR) is 90.0 cm³/mol. The first-order valence-electron chi connectivity index (χ1n) is 7.65. The predicted octanol–water partition coefficient (Wildman–Crippen LogP) is 3.61. The van der Waals surface area contributed by atoms with Gasteiger partial charge < -0.3 is 9.47 Å². The lowest BCUT2D eigenvalue weighted by atomic mass is 10.2. The standard InChI is InChI=1S/C16H17Cl2N3O3/c1-9-3-5-12(24-9)8-23-16(22)15-19-10(2)21(20-15)14-7-11(17)4-6-13(14)18/h4,6-7,9,12H,3,5,8H2,1-2H3/t9-,12-/m1/s1. The van der Waals surface area contributed by atoms with Crippen molar-refractivity contribution in [1.82, 2.24) is 14.8 Å².